The van der Waals surface area contributed by atoms with Crippen LogP contribution in [0.3, 0.4) is 0 Å². The predicted octanol–water partition coefficient (Wildman–Crippen LogP) is 5.15. The van der Waals surface area contributed by atoms with Crippen LogP contribution in [-0.4, -0.2) is 25.2 Å². The van der Waals surface area contributed by atoms with E-state index in [1.807, 2.05) is 0 Å². The number of hydrogen-bond acceptors (Lipinski definition) is 3. The van der Waals surface area contributed by atoms with Gasteiger partial charge in [0.05, 0.1) is 17.0 Å². The van der Waals surface area contributed by atoms with Crippen LogP contribution in [-0.2, 0) is 27.5 Å². The second-order valence-electron chi connectivity index (χ2n) is 7.65. The van der Waals surface area contributed by atoms with Crippen molar-refractivity contribution in [1.82, 2.24) is 4.31 Å². The highest BCUT2D eigenvalue weighted by Gasteiger charge is 2.31. The summed E-state index contributed by atoms with van der Waals surface area (Å²) in [6.07, 6.45) is -4.56. The Hall–Kier alpha value is -3.17. The van der Waals surface area contributed by atoms with Crippen molar-refractivity contribution in [3.63, 3.8) is 0 Å². The Morgan fingerprint density at radius 3 is 2.30 bits per heavy atom. The van der Waals surface area contributed by atoms with E-state index in [0.29, 0.717) is 11.1 Å². The maximum absolute atomic E-state index is 13.5. The van der Waals surface area contributed by atoms with Crippen LogP contribution in [0.2, 0.25) is 0 Å². The molecule has 0 saturated heterocycles. The number of nitrogens with zero attached hydrogens (tertiary/aromatic N) is 1. The van der Waals surface area contributed by atoms with Gasteiger partial charge in [-0.25, -0.2) is 8.42 Å². The molecule has 3 aromatic carbocycles. The molecule has 5 nitrogen and oxygen atoms in total. The summed E-state index contributed by atoms with van der Waals surface area (Å²) in [5, 5.41) is 2.38. The van der Waals surface area contributed by atoms with Gasteiger partial charge in [0.2, 0.25) is 15.9 Å². The molecule has 0 heterocycles. The largest absolute Gasteiger partial charge is 0.416 e. The highest BCUT2D eigenvalue weighted by atomic mass is 32.2. The number of carbonyl (C=O) groups is 1. The van der Waals surface area contributed by atoms with Crippen molar-refractivity contribution >= 4 is 21.6 Å². The minimum atomic E-state index is -4.56. The summed E-state index contributed by atoms with van der Waals surface area (Å²) in [6.45, 7) is 2.78. The second-order valence-corrected chi connectivity index (χ2v) is 9.56. The number of aryl methyl sites for hydroxylation is 2. The first-order valence-electron chi connectivity index (χ1n) is 10.1. The lowest BCUT2D eigenvalue weighted by Gasteiger charge is -2.23. The molecule has 0 unspecified atom stereocenters. The van der Waals surface area contributed by atoms with E-state index in [1.165, 1.54) is 18.2 Å². The molecule has 174 valence electrons. The summed E-state index contributed by atoms with van der Waals surface area (Å²) in [7, 11) is -4.08. The van der Waals surface area contributed by atoms with E-state index in [9.17, 15) is 26.4 Å². The van der Waals surface area contributed by atoms with Crippen molar-refractivity contribution in [1.29, 1.82) is 0 Å². The summed E-state index contributed by atoms with van der Waals surface area (Å²) >= 11 is 0. The smallest absolute Gasteiger partial charge is 0.325 e. The molecule has 0 radical (unpaired) electrons. The number of amides is 1. The molecule has 3 aromatic rings. The zero-order valence-corrected chi connectivity index (χ0v) is 18.9. The highest BCUT2D eigenvalue weighted by Crippen LogP contribution is 2.30. The van der Waals surface area contributed by atoms with Crippen molar-refractivity contribution in [3.05, 3.63) is 95.1 Å². The molecule has 0 atom stereocenters. The van der Waals surface area contributed by atoms with Gasteiger partial charge in [0.1, 0.15) is 0 Å². The third-order valence-corrected chi connectivity index (χ3v) is 6.89. The Morgan fingerprint density at radius 1 is 0.939 bits per heavy atom. The third-order valence-electron chi connectivity index (χ3n) is 4.96. The van der Waals surface area contributed by atoms with Crippen LogP contribution in [0.25, 0.3) is 0 Å². The zero-order chi connectivity index (χ0) is 24.2. The Kier molecular flexibility index (Phi) is 7.24. The number of hydrogen-bond donors (Lipinski definition) is 1. The fourth-order valence-electron chi connectivity index (χ4n) is 3.27. The number of anilines is 1. The maximum Gasteiger partial charge on any atom is 0.416 e. The van der Waals surface area contributed by atoms with Crippen molar-refractivity contribution in [2.24, 2.45) is 0 Å². The molecule has 33 heavy (non-hydrogen) atoms. The summed E-state index contributed by atoms with van der Waals surface area (Å²) in [5.41, 5.74) is 0.950. The standard InChI is InChI=1S/C24H23F3N2O3S/c1-17-11-12-18(2)22(13-17)33(31,32)29(15-19-7-4-3-5-8-19)16-23(30)28-21-10-6-9-20(14-21)24(25,26)27/h3-14H,15-16H2,1-2H3,(H,28,30). The van der Waals surface area contributed by atoms with Gasteiger partial charge in [0, 0.05) is 12.2 Å². The molecule has 1 amide bonds. The van der Waals surface area contributed by atoms with Crippen LogP contribution >= 0.6 is 0 Å². The van der Waals surface area contributed by atoms with Gasteiger partial charge in [-0.3, -0.25) is 4.79 Å². The first-order chi connectivity index (χ1) is 15.5. The molecule has 0 bridgehead atoms. The fraction of sp³-hybridized carbons (Fsp3) is 0.208. The molecule has 1 N–H and O–H groups in total. The van der Waals surface area contributed by atoms with Crippen LogP contribution in [0.5, 0.6) is 0 Å². The molecular weight excluding hydrogens is 453 g/mol. The Bertz CT molecular complexity index is 1240. The minimum absolute atomic E-state index is 0.0707. The number of benzene rings is 3. The van der Waals surface area contributed by atoms with Gasteiger partial charge in [0.25, 0.3) is 0 Å². The Labute approximate surface area is 190 Å². The number of carbonyl (C=O) groups excluding carboxylic acids is 1. The molecule has 0 saturated carbocycles. The summed E-state index contributed by atoms with van der Waals surface area (Å²) in [5.74, 6) is -0.751. The Balaban J connectivity index is 1.90. The number of sulfonamides is 1. The normalized spacial score (nSPS) is 12.1. The monoisotopic (exact) mass is 476 g/mol. The van der Waals surface area contributed by atoms with E-state index in [2.05, 4.69) is 5.32 Å². The first kappa shape index (κ1) is 24.5. The van der Waals surface area contributed by atoms with Gasteiger partial charge in [-0.15, -0.1) is 0 Å². The zero-order valence-electron chi connectivity index (χ0n) is 18.1. The van der Waals surface area contributed by atoms with Crippen molar-refractivity contribution in [2.45, 2.75) is 31.5 Å². The fourth-order valence-corrected chi connectivity index (χ4v) is 4.97. The van der Waals surface area contributed by atoms with Crippen molar-refractivity contribution < 1.29 is 26.4 Å². The van der Waals surface area contributed by atoms with Gasteiger partial charge in [-0.2, -0.15) is 17.5 Å². The van der Waals surface area contributed by atoms with E-state index >= 15 is 0 Å². The number of rotatable bonds is 7. The molecule has 3 rings (SSSR count). The van der Waals surface area contributed by atoms with Crippen molar-refractivity contribution in [2.75, 3.05) is 11.9 Å². The van der Waals surface area contributed by atoms with E-state index in [0.717, 1.165) is 22.0 Å². The molecular formula is C24H23F3N2O3S. The van der Waals surface area contributed by atoms with E-state index < -0.39 is 34.2 Å². The average molecular weight is 477 g/mol. The van der Waals surface area contributed by atoms with Gasteiger partial charge in [0.15, 0.2) is 0 Å². The predicted molar refractivity (Wildman–Crippen MR) is 120 cm³/mol. The molecule has 0 fully saturated rings. The highest BCUT2D eigenvalue weighted by molar-refractivity contribution is 7.89. The van der Waals surface area contributed by atoms with Gasteiger partial charge >= 0.3 is 6.18 Å². The first-order valence-corrected chi connectivity index (χ1v) is 11.5. The van der Waals surface area contributed by atoms with Crippen LogP contribution in [0.1, 0.15) is 22.3 Å². The lowest BCUT2D eigenvalue weighted by molar-refractivity contribution is -0.137. The Morgan fingerprint density at radius 2 is 1.64 bits per heavy atom. The third kappa shape index (κ3) is 6.21. The molecule has 0 aliphatic carbocycles. The van der Waals surface area contributed by atoms with Gasteiger partial charge in [-0.05, 0) is 54.8 Å². The lowest BCUT2D eigenvalue weighted by Crippen LogP contribution is -2.38. The minimum Gasteiger partial charge on any atom is -0.325 e. The average Bonchev–Trinajstić information content (AvgIpc) is 2.75. The van der Waals surface area contributed by atoms with Gasteiger partial charge in [-0.1, -0.05) is 48.5 Å². The van der Waals surface area contributed by atoms with Gasteiger partial charge < -0.3 is 5.32 Å². The number of nitrogens with one attached hydrogen (secondary N) is 1. The van der Waals surface area contributed by atoms with E-state index in [-0.39, 0.29) is 17.1 Å². The number of halogens is 3. The van der Waals surface area contributed by atoms with Crippen molar-refractivity contribution in [3.8, 4) is 0 Å². The van der Waals surface area contributed by atoms with Crippen LogP contribution in [0, 0.1) is 13.8 Å². The topological polar surface area (TPSA) is 66.5 Å². The number of alkyl halides is 3. The second kappa shape index (κ2) is 9.76. The molecule has 0 aliphatic heterocycles. The molecule has 0 spiro atoms. The summed E-state index contributed by atoms with van der Waals surface area (Å²) in [6, 6.07) is 17.9. The molecule has 0 aromatic heterocycles. The van der Waals surface area contributed by atoms with Crippen LogP contribution in [0.4, 0.5) is 18.9 Å². The van der Waals surface area contributed by atoms with E-state index in [1.54, 1.807) is 56.3 Å². The summed E-state index contributed by atoms with van der Waals surface area (Å²) < 4.78 is 66.9. The molecule has 9 heteroatoms. The lowest BCUT2D eigenvalue weighted by atomic mass is 10.2. The van der Waals surface area contributed by atoms with E-state index in [4.69, 9.17) is 0 Å². The van der Waals surface area contributed by atoms with Crippen LogP contribution in [0.15, 0.2) is 77.7 Å². The molecule has 0 aliphatic rings. The summed E-state index contributed by atoms with van der Waals surface area (Å²) in [4.78, 5) is 12.8. The maximum atomic E-state index is 13.5. The quantitative estimate of drug-likeness (QED) is 0.513. The SMILES string of the molecule is Cc1ccc(C)c(S(=O)(=O)N(CC(=O)Nc2cccc(C(F)(F)F)c2)Cc2ccccc2)c1. The van der Waals surface area contributed by atoms with Crippen LogP contribution < -0.4 is 5.32 Å².